The summed E-state index contributed by atoms with van der Waals surface area (Å²) in [6.45, 7) is 0. The summed E-state index contributed by atoms with van der Waals surface area (Å²) in [4.78, 5) is 11.3. The highest BCUT2D eigenvalue weighted by Gasteiger charge is 2.19. The van der Waals surface area contributed by atoms with Crippen molar-refractivity contribution in [3.8, 4) is 0 Å². The van der Waals surface area contributed by atoms with E-state index in [0.29, 0.717) is 4.48 Å². The molecule has 0 aliphatic heterocycles. The van der Waals surface area contributed by atoms with Gasteiger partial charge in [0.1, 0.15) is 0 Å². The SMILES string of the molecule is O=C1C(Br)=Cc2[c]cccc21. The molecule has 0 atom stereocenters. The fourth-order valence-corrected chi connectivity index (χ4v) is 1.53. The highest BCUT2D eigenvalue weighted by Crippen LogP contribution is 2.27. The van der Waals surface area contributed by atoms with E-state index in [0.717, 1.165) is 11.1 Å². The van der Waals surface area contributed by atoms with Crippen LogP contribution in [0.15, 0.2) is 22.7 Å². The molecule has 0 saturated heterocycles. The van der Waals surface area contributed by atoms with Crippen molar-refractivity contribution in [1.82, 2.24) is 0 Å². The van der Waals surface area contributed by atoms with Gasteiger partial charge in [0.15, 0.2) is 0 Å². The second-order valence-electron chi connectivity index (χ2n) is 2.32. The predicted molar refractivity (Wildman–Crippen MR) is 46.5 cm³/mol. The van der Waals surface area contributed by atoms with Crippen molar-refractivity contribution in [1.29, 1.82) is 0 Å². The van der Waals surface area contributed by atoms with Gasteiger partial charge in [0.25, 0.3) is 0 Å². The lowest BCUT2D eigenvalue weighted by molar-refractivity contribution is 0.104. The molecular weight excluding hydrogens is 204 g/mol. The minimum absolute atomic E-state index is 0.0526. The average molecular weight is 208 g/mol. The lowest BCUT2D eigenvalue weighted by atomic mass is 10.1. The largest absolute Gasteiger partial charge is 0.288 e. The van der Waals surface area contributed by atoms with E-state index in [1.807, 2.05) is 6.07 Å². The van der Waals surface area contributed by atoms with Crippen LogP contribution in [-0.4, -0.2) is 5.78 Å². The molecule has 1 aromatic rings. The van der Waals surface area contributed by atoms with E-state index in [1.54, 1.807) is 18.2 Å². The van der Waals surface area contributed by atoms with Crippen LogP contribution in [0.25, 0.3) is 6.08 Å². The van der Waals surface area contributed by atoms with E-state index < -0.39 is 0 Å². The van der Waals surface area contributed by atoms with Crippen molar-refractivity contribution in [2.45, 2.75) is 0 Å². The normalized spacial score (nSPS) is 14.6. The summed E-state index contributed by atoms with van der Waals surface area (Å²) in [5.41, 5.74) is 1.61. The van der Waals surface area contributed by atoms with Crippen molar-refractivity contribution >= 4 is 27.8 Å². The Kier molecular flexibility index (Phi) is 1.43. The van der Waals surface area contributed by atoms with Crippen LogP contribution in [0.2, 0.25) is 0 Å². The number of rotatable bonds is 0. The second kappa shape index (κ2) is 2.31. The van der Waals surface area contributed by atoms with Crippen molar-refractivity contribution in [2.75, 3.05) is 0 Å². The number of ketones is 1. The monoisotopic (exact) mass is 207 g/mol. The number of fused-ring (bicyclic) bond motifs is 1. The lowest BCUT2D eigenvalue weighted by Gasteiger charge is -1.92. The van der Waals surface area contributed by atoms with E-state index >= 15 is 0 Å². The van der Waals surface area contributed by atoms with Gasteiger partial charge in [-0.2, -0.15) is 0 Å². The third-order valence-corrected chi connectivity index (χ3v) is 2.21. The fraction of sp³-hybridized carbons (Fsp3) is 0. The summed E-state index contributed by atoms with van der Waals surface area (Å²) in [6.07, 6.45) is 1.79. The van der Waals surface area contributed by atoms with Gasteiger partial charge in [-0.1, -0.05) is 18.2 Å². The molecule has 0 saturated carbocycles. The first-order valence-corrected chi connectivity index (χ1v) is 4.01. The topological polar surface area (TPSA) is 17.1 Å². The van der Waals surface area contributed by atoms with Crippen LogP contribution in [0.1, 0.15) is 15.9 Å². The number of hydrogen-bond acceptors (Lipinski definition) is 1. The predicted octanol–water partition coefficient (Wildman–Crippen LogP) is 2.42. The molecule has 1 aliphatic carbocycles. The molecule has 0 amide bonds. The highest BCUT2D eigenvalue weighted by atomic mass is 79.9. The standard InChI is InChI=1S/C9H4BrO/c10-8-5-6-3-1-2-4-7(6)9(8)11/h1-2,4-5H. The second-order valence-corrected chi connectivity index (χ2v) is 3.17. The maximum Gasteiger partial charge on any atom is 0.200 e. The minimum atomic E-state index is 0.0526. The fourth-order valence-electron chi connectivity index (χ4n) is 1.09. The van der Waals surface area contributed by atoms with Crippen LogP contribution < -0.4 is 0 Å². The molecule has 11 heavy (non-hydrogen) atoms. The molecule has 0 N–H and O–H groups in total. The van der Waals surface area contributed by atoms with Gasteiger partial charge in [0, 0.05) is 5.56 Å². The highest BCUT2D eigenvalue weighted by molar-refractivity contribution is 9.12. The summed E-state index contributed by atoms with van der Waals surface area (Å²) in [6, 6.07) is 8.40. The molecule has 53 valence electrons. The van der Waals surface area contributed by atoms with Crippen LogP contribution >= 0.6 is 15.9 Å². The zero-order chi connectivity index (χ0) is 7.84. The zero-order valence-corrected chi connectivity index (χ0v) is 7.18. The van der Waals surface area contributed by atoms with Crippen molar-refractivity contribution in [3.63, 3.8) is 0 Å². The zero-order valence-electron chi connectivity index (χ0n) is 5.60. The van der Waals surface area contributed by atoms with E-state index in [9.17, 15) is 4.79 Å². The van der Waals surface area contributed by atoms with Crippen LogP contribution in [0.3, 0.4) is 0 Å². The molecule has 1 nitrogen and oxygen atoms in total. The van der Waals surface area contributed by atoms with Crippen molar-refractivity contribution < 1.29 is 4.79 Å². The number of carbonyl (C=O) groups is 1. The van der Waals surface area contributed by atoms with Crippen LogP contribution in [0.5, 0.6) is 0 Å². The number of hydrogen-bond donors (Lipinski definition) is 0. The molecule has 0 aromatic heterocycles. The Labute approximate surface area is 72.9 Å². The van der Waals surface area contributed by atoms with Gasteiger partial charge in [-0.25, -0.2) is 0 Å². The molecule has 1 aromatic carbocycles. The first-order valence-electron chi connectivity index (χ1n) is 3.21. The van der Waals surface area contributed by atoms with Crippen LogP contribution in [0.4, 0.5) is 0 Å². The number of benzene rings is 1. The Balaban J connectivity index is 2.67. The molecule has 0 spiro atoms. The molecular formula is C9H4BrO. The van der Waals surface area contributed by atoms with Crippen molar-refractivity contribution in [3.05, 3.63) is 39.9 Å². The Morgan fingerprint density at radius 2 is 2.27 bits per heavy atom. The molecule has 0 fully saturated rings. The number of carbonyl (C=O) groups excluding carboxylic acids is 1. The van der Waals surface area contributed by atoms with Gasteiger partial charge < -0.3 is 0 Å². The molecule has 0 bridgehead atoms. The molecule has 2 heteroatoms. The molecule has 1 radical (unpaired) electrons. The summed E-state index contributed by atoms with van der Waals surface area (Å²) in [5.74, 6) is 0.0526. The molecule has 1 aliphatic rings. The van der Waals surface area contributed by atoms with E-state index in [2.05, 4.69) is 22.0 Å². The Morgan fingerprint density at radius 1 is 1.45 bits per heavy atom. The molecule has 0 heterocycles. The van der Waals surface area contributed by atoms with Gasteiger partial charge in [-0.3, -0.25) is 4.79 Å². The van der Waals surface area contributed by atoms with E-state index in [-0.39, 0.29) is 5.78 Å². The molecule has 0 unspecified atom stereocenters. The van der Waals surface area contributed by atoms with Gasteiger partial charge in [-0.05, 0) is 33.6 Å². The average Bonchev–Trinajstić information content (AvgIpc) is 2.30. The number of Topliss-reactive ketones (excluding diaryl/α,β-unsaturated/α-hetero) is 1. The minimum Gasteiger partial charge on any atom is -0.288 e. The third-order valence-electron chi connectivity index (χ3n) is 1.62. The van der Waals surface area contributed by atoms with Gasteiger partial charge in [0.2, 0.25) is 5.78 Å². The van der Waals surface area contributed by atoms with Gasteiger partial charge >= 0.3 is 0 Å². The van der Waals surface area contributed by atoms with E-state index in [4.69, 9.17) is 0 Å². The summed E-state index contributed by atoms with van der Waals surface area (Å²) in [5, 5.41) is 0. The smallest absolute Gasteiger partial charge is 0.200 e. The Morgan fingerprint density at radius 3 is 3.00 bits per heavy atom. The Hall–Kier alpha value is -0.890. The summed E-state index contributed by atoms with van der Waals surface area (Å²) >= 11 is 3.18. The van der Waals surface area contributed by atoms with Crippen molar-refractivity contribution in [2.24, 2.45) is 0 Å². The van der Waals surface area contributed by atoms with E-state index in [1.165, 1.54) is 0 Å². The van der Waals surface area contributed by atoms with Gasteiger partial charge in [0.05, 0.1) is 4.48 Å². The first-order chi connectivity index (χ1) is 5.29. The van der Waals surface area contributed by atoms with Gasteiger partial charge in [-0.15, -0.1) is 0 Å². The van der Waals surface area contributed by atoms with Crippen LogP contribution in [-0.2, 0) is 0 Å². The summed E-state index contributed by atoms with van der Waals surface area (Å²) in [7, 11) is 0. The maximum absolute atomic E-state index is 11.3. The Bertz CT molecular complexity index is 352. The number of allylic oxidation sites excluding steroid dienone is 1. The summed E-state index contributed by atoms with van der Waals surface area (Å²) < 4.78 is 0.620. The lowest BCUT2D eigenvalue weighted by Crippen LogP contribution is -1.92. The first kappa shape index (κ1) is 6.80. The maximum atomic E-state index is 11.3. The quantitative estimate of drug-likeness (QED) is 0.639. The number of halogens is 1. The molecule has 2 rings (SSSR count). The van der Waals surface area contributed by atoms with Crippen LogP contribution in [0, 0.1) is 6.07 Å². The third kappa shape index (κ3) is 0.942.